The van der Waals surface area contributed by atoms with E-state index >= 15 is 0 Å². The number of rotatable bonds is 5. The molecule has 0 bridgehead atoms. The molecule has 1 aliphatic rings. The normalized spacial score (nSPS) is 15.1. The lowest BCUT2D eigenvalue weighted by Gasteiger charge is -2.26. The molecule has 0 spiro atoms. The number of carbonyl (C=O) groups is 1. The van der Waals surface area contributed by atoms with Gasteiger partial charge in [-0.2, -0.15) is 0 Å². The third-order valence-electron chi connectivity index (χ3n) is 4.80. The molecule has 3 aromatic rings. The molecule has 27 heavy (non-hydrogen) atoms. The van der Waals surface area contributed by atoms with Crippen molar-refractivity contribution in [2.24, 2.45) is 0 Å². The molecule has 7 heteroatoms. The number of morpholine rings is 1. The third kappa shape index (κ3) is 4.15. The Hall–Kier alpha value is -2.77. The van der Waals surface area contributed by atoms with Gasteiger partial charge in [-0.3, -0.25) is 14.7 Å². The first-order valence-electron chi connectivity index (χ1n) is 9.18. The number of aryl methyl sites for hydroxylation is 1. The molecule has 1 saturated heterocycles. The van der Waals surface area contributed by atoms with Crippen LogP contribution < -0.4 is 5.32 Å². The van der Waals surface area contributed by atoms with E-state index in [1.807, 2.05) is 25.1 Å². The molecule has 0 unspecified atom stereocenters. The van der Waals surface area contributed by atoms with Crippen molar-refractivity contribution >= 4 is 22.5 Å². The minimum atomic E-state index is -0.256. The van der Waals surface area contributed by atoms with E-state index in [2.05, 4.69) is 37.0 Å². The smallest absolute Gasteiger partial charge is 0.275 e. The quantitative estimate of drug-likeness (QED) is 0.751. The molecule has 1 amide bonds. The molecule has 2 aromatic heterocycles. The highest BCUT2D eigenvalue weighted by molar-refractivity contribution is 6.03. The number of aromatic nitrogens is 3. The Balaban J connectivity index is 1.43. The standard InChI is InChI=1S/C20H23N5O2/c1-15-13-22-18(14-21-15)20(26)23-17-2-3-19-16(12-17)4-5-25(19)7-6-24-8-10-27-11-9-24/h2-5,12-14H,6-11H2,1H3,(H,23,26). The van der Waals surface area contributed by atoms with Crippen LogP contribution in [-0.2, 0) is 11.3 Å². The molecule has 1 fully saturated rings. The molecule has 7 nitrogen and oxygen atoms in total. The zero-order chi connectivity index (χ0) is 18.6. The lowest BCUT2D eigenvalue weighted by molar-refractivity contribution is 0.0365. The van der Waals surface area contributed by atoms with Gasteiger partial charge >= 0.3 is 0 Å². The highest BCUT2D eigenvalue weighted by Gasteiger charge is 2.12. The molecule has 1 aromatic carbocycles. The van der Waals surface area contributed by atoms with Crippen LogP contribution in [-0.4, -0.2) is 58.2 Å². The number of nitrogens with zero attached hydrogens (tertiary/aromatic N) is 4. The maximum atomic E-state index is 12.3. The van der Waals surface area contributed by atoms with Gasteiger partial charge in [0.2, 0.25) is 0 Å². The number of hydrogen-bond acceptors (Lipinski definition) is 5. The Bertz CT molecular complexity index is 929. The molecule has 4 rings (SSSR count). The van der Waals surface area contributed by atoms with E-state index in [1.54, 1.807) is 6.20 Å². The number of nitrogens with one attached hydrogen (secondary N) is 1. The lowest BCUT2D eigenvalue weighted by Crippen LogP contribution is -2.38. The minimum Gasteiger partial charge on any atom is -0.379 e. The molecule has 3 heterocycles. The maximum absolute atomic E-state index is 12.3. The van der Waals surface area contributed by atoms with Crippen molar-refractivity contribution in [3.05, 3.63) is 54.2 Å². The topological polar surface area (TPSA) is 72.3 Å². The van der Waals surface area contributed by atoms with Crippen LogP contribution in [0.2, 0.25) is 0 Å². The van der Waals surface area contributed by atoms with Crippen molar-refractivity contribution in [1.29, 1.82) is 0 Å². The molecular weight excluding hydrogens is 342 g/mol. The predicted octanol–water partition coefficient (Wildman–Crippen LogP) is 2.32. The Morgan fingerprint density at radius 2 is 2.00 bits per heavy atom. The Kier molecular flexibility index (Phi) is 5.13. The highest BCUT2D eigenvalue weighted by atomic mass is 16.5. The van der Waals surface area contributed by atoms with Gasteiger partial charge in [0.25, 0.3) is 5.91 Å². The summed E-state index contributed by atoms with van der Waals surface area (Å²) in [5.74, 6) is -0.256. The van der Waals surface area contributed by atoms with E-state index in [-0.39, 0.29) is 5.91 Å². The molecule has 1 aliphatic heterocycles. The van der Waals surface area contributed by atoms with E-state index < -0.39 is 0 Å². The number of amides is 1. The summed E-state index contributed by atoms with van der Waals surface area (Å²) in [4.78, 5) is 23.0. The van der Waals surface area contributed by atoms with Gasteiger partial charge < -0.3 is 14.6 Å². The van der Waals surface area contributed by atoms with Gasteiger partial charge in [-0.25, -0.2) is 4.98 Å². The number of fused-ring (bicyclic) bond motifs is 1. The summed E-state index contributed by atoms with van der Waals surface area (Å²) in [7, 11) is 0. The second kappa shape index (κ2) is 7.85. The van der Waals surface area contributed by atoms with Crippen LogP contribution in [0.3, 0.4) is 0 Å². The van der Waals surface area contributed by atoms with Gasteiger partial charge in [-0.05, 0) is 31.2 Å². The predicted molar refractivity (Wildman–Crippen MR) is 104 cm³/mol. The first-order chi connectivity index (χ1) is 13.2. The molecule has 0 aliphatic carbocycles. The molecule has 1 N–H and O–H groups in total. The number of hydrogen-bond donors (Lipinski definition) is 1. The van der Waals surface area contributed by atoms with E-state index in [0.29, 0.717) is 5.69 Å². The number of anilines is 1. The number of ether oxygens (including phenoxy) is 1. The van der Waals surface area contributed by atoms with Crippen molar-refractivity contribution in [3.8, 4) is 0 Å². The van der Waals surface area contributed by atoms with Crippen molar-refractivity contribution in [2.75, 3.05) is 38.2 Å². The zero-order valence-corrected chi connectivity index (χ0v) is 15.4. The maximum Gasteiger partial charge on any atom is 0.275 e. The second-order valence-electron chi connectivity index (χ2n) is 6.73. The fourth-order valence-corrected chi connectivity index (χ4v) is 3.25. The van der Waals surface area contributed by atoms with Crippen LogP contribution in [0.25, 0.3) is 10.9 Å². The van der Waals surface area contributed by atoms with Gasteiger partial charge in [0, 0.05) is 55.2 Å². The van der Waals surface area contributed by atoms with E-state index in [1.165, 1.54) is 6.20 Å². The Morgan fingerprint density at radius 1 is 1.15 bits per heavy atom. The monoisotopic (exact) mass is 365 g/mol. The third-order valence-corrected chi connectivity index (χ3v) is 4.80. The van der Waals surface area contributed by atoms with Crippen molar-refractivity contribution in [3.63, 3.8) is 0 Å². The van der Waals surface area contributed by atoms with Crippen LogP contribution >= 0.6 is 0 Å². The van der Waals surface area contributed by atoms with E-state index in [4.69, 9.17) is 4.74 Å². The summed E-state index contributed by atoms with van der Waals surface area (Å²) in [6.45, 7) is 7.43. The molecule has 140 valence electrons. The highest BCUT2D eigenvalue weighted by Crippen LogP contribution is 2.21. The van der Waals surface area contributed by atoms with Gasteiger partial charge in [0.1, 0.15) is 5.69 Å². The van der Waals surface area contributed by atoms with E-state index in [0.717, 1.165) is 61.7 Å². The zero-order valence-electron chi connectivity index (χ0n) is 15.4. The summed E-state index contributed by atoms with van der Waals surface area (Å²) in [5, 5.41) is 3.99. The van der Waals surface area contributed by atoms with E-state index in [9.17, 15) is 4.79 Å². The fourth-order valence-electron chi connectivity index (χ4n) is 3.25. The van der Waals surface area contributed by atoms with Crippen LogP contribution in [0.5, 0.6) is 0 Å². The molecule has 0 saturated carbocycles. The Labute approximate surface area is 158 Å². The summed E-state index contributed by atoms with van der Waals surface area (Å²) in [6, 6.07) is 8.04. The van der Waals surface area contributed by atoms with Crippen LogP contribution in [0.4, 0.5) is 5.69 Å². The van der Waals surface area contributed by atoms with Gasteiger partial charge in [0.05, 0.1) is 25.1 Å². The average Bonchev–Trinajstić information content (AvgIpc) is 3.10. The molecular formula is C20H23N5O2. The largest absolute Gasteiger partial charge is 0.379 e. The van der Waals surface area contributed by atoms with Crippen LogP contribution in [0.15, 0.2) is 42.9 Å². The van der Waals surface area contributed by atoms with Crippen molar-refractivity contribution < 1.29 is 9.53 Å². The summed E-state index contributed by atoms with van der Waals surface area (Å²) in [5.41, 5.74) is 3.01. The van der Waals surface area contributed by atoms with Crippen LogP contribution in [0.1, 0.15) is 16.2 Å². The first-order valence-corrected chi connectivity index (χ1v) is 9.18. The molecule has 0 radical (unpaired) electrons. The second-order valence-corrected chi connectivity index (χ2v) is 6.73. The summed E-state index contributed by atoms with van der Waals surface area (Å²) < 4.78 is 7.65. The van der Waals surface area contributed by atoms with Crippen LogP contribution in [0, 0.1) is 6.92 Å². The van der Waals surface area contributed by atoms with Gasteiger partial charge in [-0.15, -0.1) is 0 Å². The number of benzene rings is 1. The summed E-state index contributed by atoms with van der Waals surface area (Å²) >= 11 is 0. The fraction of sp³-hybridized carbons (Fsp3) is 0.350. The SMILES string of the molecule is Cc1cnc(C(=O)Nc2ccc3c(ccn3CCN3CCOCC3)c2)cn1. The number of carbonyl (C=O) groups excluding carboxylic acids is 1. The summed E-state index contributed by atoms with van der Waals surface area (Å²) in [6.07, 6.45) is 5.18. The molecule has 0 atom stereocenters. The van der Waals surface area contributed by atoms with Crippen molar-refractivity contribution in [2.45, 2.75) is 13.5 Å². The minimum absolute atomic E-state index is 0.256. The Morgan fingerprint density at radius 3 is 2.78 bits per heavy atom. The average molecular weight is 365 g/mol. The van der Waals surface area contributed by atoms with Gasteiger partial charge in [-0.1, -0.05) is 0 Å². The first kappa shape index (κ1) is 17.6. The van der Waals surface area contributed by atoms with Gasteiger partial charge in [0.15, 0.2) is 0 Å². The lowest BCUT2D eigenvalue weighted by atomic mass is 10.2. The van der Waals surface area contributed by atoms with Crippen molar-refractivity contribution in [1.82, 2.24) is 19.4 Å².